The van der Waals surface area contributed by atoms with Crippen LogP contribution in [-0.2, 0) is 4.79 Å². The van der Waals surface area contributed by atoms with Gasteiger partial charge in [0.1, 0.15) is 0 Å². The highest BCUT2D eigenvalue weighted by atomic mass is 79.9. The average molecular weight is 450 g/mol. The molecule has 1 aliphatic heterocycles. The summed E-state index contributed by atoms with van der Waals surface area (Å²) in [6, 6.07) is 16.1. The first-order valence-corrected chi connectivity index (χ1v) is 10.6. The summed E-state index contributed by atoms with van der Waals surface area (Å²) >= 11 is 5.14. The van der Waals surface area contributed by atoms with E-state index in [1.54, 1.807) is 11.8 Å². The van der Waals surface area contributed by atoms with Crippen molar-refractivity contribution in [3.8, 4) is 0 Å². The molecule has 0 aromatic heterocycles. The molecule has 0 aliphatic carbocycles. The third kappa shape index (κ3) is 6.62. The number of hydrogen-bond acceptors (Lipinski definition) is 5. The van der Waals surface area contributed by atoms with Crippen LogP contribution in [0.15, 0.2) is 62.8 Å². The lowest BCUT2D eigenvalue weighted by Crippen LogP contribution is -2.49. The maximum atomic E-state index is 12.3. The molecule has 0 bridgehead atoms. The summed E-state index contributed by atoms with van der Waals surface area (Å²) in [7, 11) is 0. The van der Waals surface area contributed by atoms with Gasteiger partial charge in [0.05, 0.1) is 13.2 Å². The Morgan fingerprint density at radius 1 is 0.963 bits per heavy atom. The Bertz CT molecular complexity index is 732. The summed E-state index contributed by atoms with van der Waals surface area (Å²) < 4.78 is 1.07. The molecule has 2 N–H and O–H groups in total. The van der Waals surface area contributed by atoms with Gasteiger partial charge >= 0.3 is 0 Å². The van der Waals surface area contributed by atoms with E-state index in [0.717, 1.165) is 41.2 Å². The van der Waals surface area contributed by atoms with Gasteiger partial charge in [-0.3, -0.25) is 14.6 Å². The topological polar surface area (TPSA) is 55.8 Å². The van der Waals surface area contributed by atoms with Gasteiger partial charge in [-0.05, 0) is 48.5 Å². The predicted octanol–water partition coefficient (Wildman–Crippen LogP) is 3.15. The minimum absolute atomic E-state index is 0.0129. The van der Waals surface area contributed by atoms with Gasteiger partial charge in [-0.2, -0.15) is 0 Å². The van der Waals surface area contributed by atoms with Gasteiger partial charge in [0.15, 0.2) is 0 Å². The van der Waals surface area contributed by atoms with Gasteiger partial charge in [0, 0.05) is 52.7 Å². The number of amides is 1. The molecule has 0 radical (unpaired) electrons. The standard InChI is InChI=1S/C20H24BrN3O2S/c21-16-1-5-18(6-2-16)27-19-7-3-17(4-8-19)22-20(26)15-24-11-9-23(10-12-24)13-14-25/h1-8,25H,9-15H2,(H,22,26). The quantitative estimate of drug-likeness (QED) is 0.679. The molecule has 144 valence electrons. The third-order valence-corrected chi connectivity index (χ3v) is 5.98. The van der Waals surface area contributed by atoms with Crippen LogP contribution in [0.5, 0.6) is 0 Å². The summed E-state index contributed by atoms with van der Waals surface area (Å²) in [4.78, 5) is 19.0. The van der Waals surface area contributed by atoms with Gasteiger partial charge in [-0.25, -0.2) is 0 Å². The maximum absolute atomic E-state index is 12.3. The highest BCUT2D eigenvalue weighted by Crippen LogP contribution is 2.29. The van der Waals surface area contributed by atoms with E-state index < -0.39 is 0 Å². The number of hydrogen-bond donors (Lipinski definition) is 2. The number of halogens is 1. The van der Waals surface area contributed by atoms with Crippen LogP contribution in [0.4, 0.5) is 5.69 Å². The Balaban J connectivity index is 1.45. The number of benzene rings is 2. The van der Waals surface area contributed by atoms with Crippen molar-refractivity contribution in [2.24, 2.45) is 0 Å². The van der Waals surface area contributed by atoms with Crippen LogP contribution in [-0.4, -0.2) is 66.7 Å². The average Bonchev–Trinajstić information content (AvgIpc) is 2.67. The van der Waals surface area contributed by atoms with Crippen LogP contribution in [0.1, 0.15) is 0 Å². The summed E-state index contributed by atoms with van der Waals surface area (Å²) in [5, 5.41) is 12.0. The van der Waals surface area contributed by atoms with Gasteiger partial charge in [0.2, 0.25) is 5.91 Å². The van der Waals surface area contributed by atoms with Crippen molar-refractivity contribution in [3.05, 3.63) is 53.0 Å². The normalized spacial score (nSPS) is 15.6. The van der Waals surface area contributed by atoms with E-state index in [2.05, 4.69) is 43.2 Å². The number of carbonyl (C=O) groups is 1. The van der Waals surface area contributed by atoms with E-state index in [9.17, 15) is 4.79 Å². The molecule has 1 heterocycles. The zero-order valence-electron chi connectivity index (χ0n) is 15.1. The zero-order valence-corrected chi connectivity index (χ0v) is 17.5. The monoisotopic (exact) mass is 449 g/mol. The van der Waals surface area contributed by atoms with E-state index in [0.29, 0.717) is 13.1 Å². The van der Waals surface area contributed by atoms with Crippen molar-refractivity contribution in [3.63, 3.8) is 0 Å². The Labute approximate surface area is 172 Å². The molecular formula is C20H24BrN3O2S. The number of carbonyl (C=O) groups excluding carboxylic acids is 1. The number of β-amino-alcohol motifs (C(OH)–C–C–N with tert-alkyl or cyclic N) is 1. The van der Waals surface area contributed by atoms with Crippen LogP contribution in [0, 0.1) is 0 Å². The van der Waals surface area contributed by atoms with Crippen molar-refractivity contribution in [1.29, 1.82) is 0 Å². The number of nitrogens with zero attached hydrogens (tertiary/aromatic N) is 2. The van der Waals surface area contributed by atoms with Crippen molar-refractivity contribution in [2.45, 2.75) is 9.79 Å². The largest absolute Gasteiger partial charge is 0.395 e. The molecule has 3 rings (SSSR count). The molecule has 2 aromatic carbocycles. The summed E-state index contributed by atoms with van der Waals surface area (Å²) in [6.45, 7) is 4.82. The van der Waals surface area contributed by atoms with Gasteiger partial charge in [0.25, 0.3) is 0 Å². The van der Waals surface area contributed by atoms with Crippen molar-refractivity contribution >= 4 is 39.3 Å². The van der Waals surface area contributed by atoms with Crippen molar-refractivity contribution in [2.75, 3.05) is 51.2 Å². The highest BCUT2D eigenvalue weighted by molar-refractivity contribution is 9.10. The van der Waals surface area contributed by atoms with Gasteiger partial charge in [-0.15, -0.1) is 0 Å². The number of piperazine rings is 1. The molecule has 1 saturated heterocycles. The number of aliphatic hydroxyl groups is 1. The second-order valence-electron chi connectivity index (χ2n) is 6.47. The Morgan fingerprint density at radius 2 is 1.52 bits per heavy atom. The molecule has 0 atom stereocenters. The van der Waals surface area contributed by atoms with Crippen molar-refractivity contribution in [1.82, 2.24) is 9.80 Å². The summed E-state index contributed by atoms with van der Waals surface area (Å²) in [6.07, 6.45) is 0. The van der Waals surface area contributed by atoms with E-state index in [4.69, 9.17) is 5.11 Å². The second-order valence-corrected chi connectivity index (χ2v) is 8.53. The van der Waals surface area contributed by atoms with Crippen LogP contribution in [0.25, 0.3) is 0 Å². The number of nitrogens with one attached hydrogen (secondary N) is 1. The number of rotatable bonds is 7. The number of aliphatic hydroxyl groups excluding tert-OH is 1. The molecule has 0 spiro atoms. The lowest BCUT2D eigenvalue weighted by molar-refractivity contribution is -0.117. The third-order valence-electron chi connectivity index (χ3n) is 4.44. The summed E-state index contributed by atoms with van der Waals surface area (Å²) in [5.74, 6) is 0.0129. The first-order valence-electron chi connectivity index (χ1n) is 9.01. The van der Waals surface area contributed by atoms with E-state index in [-0.39, 0.29) is 12.5 Å². The molecule has 1 aliphatic rings. The zero-order chi connectivity index (χ0) is 19.1. The Kier molecular flexibility index (Phi) is 7.72. The van der Waals surface area contributed by atoms with Gasteiger partial charge in [-0.1, -0.05) is 27.7 Å². The Morgan fingerprint density at radius 3 is 2.11 bits per heavy atom. The first-order chi connectivity index (χ1) is 13.1. The molecule has 0 unspecified atom stereocenters. The molecule has 2 aromatic rings. The fraction of sp³-hybridized carbons (Fsp3) is 0.350. The molecule has 5 nitrogen and oxygen atoms in total. The second kappa shape index (κ2) is 10.2. The highest BCUT2D eigenvalue weighted by Gasteiger charge is 2.18. The summed E-state index contributed by atoms with van der Waals surface area (Å²) in [5.41, 5.74) is 0.819. The van der Waals surface area contributed by atoms with E-state index in [1.165, 1.54) is 4.90 Å². The predicted molar refractivity (Wildman–Crippen MR) is 113 cm³/mol. The SMILES string of the molecule is O=C(CN1CCN(CCO)CC1)Nc1ccc(Sc2ccc(Br)cc2)cc1. The molecule has 27 heavy (non-hydrogen) atoms. The van der Waals surface area contributed by atoms with Crippen LogP contribution in [0.3, 0.4) is 0 Å². The Hall–Kier alpha value is -1.38. The molecule has 1 amide bonds. The van der Waals surface area contributed by atoms with Crippen LogP contribution >= 0.6 is 27.7 Å². The molecule has 0 saturated carbocycles. The number of anilines is 1. The molecule has 1 fully saturated rings. The van der Waals surface area contributed by atoms with E-state index in [1.807, 2.05) is 36.4 Å². The fourth-order valence-corrected chi connectivity index (χ4v) is 4.04. The minimum Gasteiger partial charge on any atom is -0.395 e. The van der Waals surface area contributed by atoms with Crippen molar-refractivity contribution < 1.29 is 9.90 Å². The molecular weight excluding hydrogens is 426 g/mol. The fourth-order valence-electron chi connectivity index (χ4n) is 2.96. The lowest BCUT2D eigenvalue weighted by Gasteiger charge is -2.33. The minimum atomic E-state index is 0.0129. The first kappa shape index (κ1) is 20.4. The smallest absolute Gasteiger partial charge is 0.238 e. The van der Waals surface area contributed by atoms with Crippen LogP contribution < -0.4 is 5.32 Å². The van der Waals surface area contributed by atoms with Gasteiger partial charge < -0.3 is 10.4 Å². The van der Waals surface area contributed by atoms with Crippen LogP contribution in [0.2, 0.25) is 0 Å². The maximum Gasteiger partial charge on any atom is 0.238 e. The van der Waals surface area contributed by atoms with E-state index >= 15 is 0 Å². The molecule has 7 heteroatoms. The lowest BCUT2D eigenvalue weighted by atomic mass is 10.3.